The highest BCUT2D eigenvalue weighted by atomic mass is 79.9. The molecule has 2 N–H and O–H groups in total. The lowest BCUT2D eigenvalue weighted by atomic mass is 10.2. The Hall–Kier alpha value is -0.790. The van der Waals surface area contributed by atoms with Crippen molar-refractivity contribution in [3.63, 3.8) is 0 Å². The first-order chi connectivity index (χ1) is 9.10. The highest BCUT2D eigenvalue weighted by molar-refractivity contribution is 9.11. The minimum atomic E-state index is -0.393. The van der Waals surface area contributed by atoms with Gasteiger partial charge in [0.2, 0.25) is 0 Å². The molecule has 5 nitrogen and oxygen atoms in total. The van der Waals surface area contributed by atoms with E-state index in [2.05, 4.69) is 42.5 Å². The number of carbonyl (C=O) groups excluding carboxylic acids is 1. The van der Waals surface area contributed by atoms with Crippen LogP contribution in [-0.4, -0.2) is 32.4 Å². The highest BCUT2D eigenvalue weighted by Gasteiger charge is 2.23. The zero-order valence-corrected chi connectivity index (χ0v) is 13.5. The quantitative estimate of drug-likeness (QED) is 0.806. The molecule has 1 unspecified atom stereocenters. The lowest BCUT2D eigenvalue weighted by Crippen LogP contribution is -2.22. The maximum absolute atomic E-state index is 10.9. The summed E-state index contributed by atoms with van der Waals surface area (Å²) in [6.45, 7) is 1.58. The van der Waals surface area contributed by atoms with Gasteiger partial charge in [-0.25, -0.2) is 4.79 Å². The smallest absolute Gasteiger partial charge is 0.407 e. The van der Waals surface area contributed by atoms with E-state index in [4.69, 9.17) is 9.47 Å². The number of amides is 1. The van der Waals surface area contributed by atoms with Crippen LogP contribution in [0.4, 0.5) is 4.79 Å². The number of alkyl carbamates (subject to hydrolysis) is 1. The number of nitrogens with one attached hydrogen (secondary N) is 2. The number of benzene rings is 1. The summed E-state index contributed by atoms with van der Waals surface area (Å²) in [5.74, 6) is 0.711. The zero-order valence-electron chi connectivity index (χ0n) is 10.3. The Morgan fingerprint density at radius 3 is 2.68 bits per heavy atom. The van der Waals surface area contributed by atoms with Gasteiger partial charge in [-0.3, -0.25) is 0 Å². The predicted molar refractivity (Wildman–Crippen MR) is 78.4 cm³/mol. The number of halogens is 2. The third kappa shape index (κ3) is 3.84. The maximum atomic E-state index is 10.9. The lowest BCUT2D eigenvalue weighted by Gasteiger charge is -2.14. The molecule has 7 heteroatoms. The molecule has 1 aliphatic heterocycles. The Morgan fingerprint density at radius 2 is 2.16 bits per heavy atom. The minimum Gasteiger partial charge on any atom is -0.487 e. The van der Waals surface area contributed by atoms with Gasteiger partial charge in [-0.15, -0.1) is 0 Å². The van der Waals surface area contributed by atoms with Crippen molar-refractivity contribution < 1.29 is 14.3 Å². The maximum Gasteiger partial charge on any atom is 0.407 e. The van der Waals surface area contributed by atoms with Gasteiger partial charge in [0.05, 0.1) is 15.5 Å². The van der Waals surface area contributed by atoms with E-state index < -0.39 is 6.09 Å². The van der Waals surface area contributed by atoms with Gasteiger partial charge in [0.15, 0.2) is 6.10 Å². The second-order valence-electron chi connectivity index (χ2n) is 4.14. The van der Waals surface area contributed by atoms with Crippen LogP contribution >= 0.6 is 31.9 Å². The summed E-state index contributed by atoms with van der Waals surface area (Å²) in [5, 5.41) is 5.68. The molecule has 0 aliphatic carbocycles. The van der Waals surface area contributed by atoms with Gasteiger partial charge in [0.1, 0.15) is 12.4 Å². The summed E-state index contributed by atoms with van der Waals surface area (Å²) in [6.07, 6.45) is -0.639. The van der Waals surface area contributed by atoms with Crippen LogP contribution in [0.1, 0.15) is 5.56 Å². The van der Waals surface area contributed by atoms with E-state index in [0.29, 0.717) is 18.9 Å². The second-order valence-corrected chi connectivity index (χ2v) is 5.85. The molecule has 1 fully saturated rings. The first-order valence-electron chi connectivity index (χ1n) is 5.80. The third-order valence-corrected chi connectivity index (χ3v) is 3.78. The lowest BCUT2D eigenvalue weighted by molar-refractivity contribution is 0.104. The van der Waals surface area contributed by atoms with E-state index in [1.54, 1.807) is 0 Å². The molecule has 0 spiro atoms. The molecule has 104 valence electrons. The minimum absolute atomic E-state index is 0.247. The molecule has 1 amide bonds. The van der Waals surface area contributed by atoms with Gasteiger partial charge in [-0.05, 0) is 56.6 Å². The second kappa shape index (κ2) is 6.58. The van der Waals surface area contributed by atoms with Crippen molar-refractivity contribution >= 4 is 38.0 Å². The van der Waals surface area contributed by atoms with Gasteiger partial charge in [-0.1, -0.05) is 0 Å². The number of hydrogen-bond donors (Lipinski definition) is 2. The summed E-state index contributed by atoms with van der Waals surface area (Å²) >= 11 is 6.97. The molecule has 1 atom stereocenters. The molecule has 1 heterocycles. The summed E-state index contributed by atoms with van der Waals surface area (Å²) in [5.41, 5.74) is 1.14. The molecule has 1 aromatic rings. The summed E-state index contributed by atoms with van der Waals surface area (Å²) < 4.78 is 12.4. The summed E-state index contributed by atoms with van der Waals surface area (Å²) in [6, 6.07) is 3.99. The Balaban J connectivity index is 2.01. The molecule has 19 heavy (non-hydrogen) atoms. The van der Waals surface area contributed by atoms with Gasteiger partial charge in [-0.2, -0.15) is 0 Å². The van der Waals surface area contributed by atoms with E-state index >= 15 is 0 Å². The van der Waals surface area contributed by atoms with E-state index in [0.717, 1.165) is 21.1 Å². The molecule has 2 rings (SSSR count). The highest BCUT2D eigenvalue weighted by Crippen LogP contribution is 2.35. The molecule has 0 radical (unpaired) electrons. The van der Waals surface area contributed by atoms with Crippen molar-refractivity contribution in [3.8, 4) is 5.75 Å². The predicted octanol–water partition coefficient (Wildman–Crippen LogP) is 2.42. The van der Waals surface area contributed by atoms with Crippen LogP contribution in [-0.2, 0) is 11.3 Å². The average Bonchev–Trinajstić information content (AvgIpc) is 2.74. The number of hydrogen-bond acceptors (Lipinski definition) is 4. The van der Waals surface area contributed by atoms with Gasteiger partial charge in [0, 0.05) is 6.54 Å². The Kier molecular flexibility index (Phi) is 5.06. The van der Waals surface area contributed by atoms with Crippen LogP contribution in [0.5, 0.6) is 5.75 Å². The monoisotopic (exact) mass is 392 g/mol. The van der Waals surface area contributed by atoms with E-state index in [1.807, 2.05) is 19.2 Å². The summed E-state index contributed by atoms with van der Waals surface area (Å²) in [4.78, 5) is 10.9. The number of carbonyl (C=O) groups is 1. The molecule has 0 aromatic heterocycles. The Labute approximate surface area is 128 Å². The van der Waals surface area contributed by atoms with Crippen LogP contribution in [0.15, 0.2) is 21.1 Å². The van der Waals surface area contributed by atoms with Crippen molar-refractivity contribution in [2.45, 2.75) is 12.6 Å². The fraction of sp³-hybridized carbons (Fsp3) is 0.417. The van der Waals surface area contributed by atoms with Crippen LogP contribution in [0.3, 0.4) is 0 Å². The van der Waals surface area contributed by atoms with Crippen molar-refractivity contribution in [1.29, 1.82) is 0 Å². The average molecular weight is 394 g/mol. The Bertz CT molecular complexity index is 459. The molecule has 1 aromatic carbocycles. The van der Waals surface area contributed by atoms with Crippen LogP contribution < -0.4 is 15.4 Å². The molecule has 1 saturated heterocycles. The fourth-order valence-corrected chi connectivity index (χ4v) is 3.27. The zero-order chi connectivity index (χ0) is 13.8. The molecule has 1 aliphatic rings. The van der Waals surface area contributed by atoms with Gasteiger partial charge >= 0.3 is 6.09 Å². The van der Waals surface area contributed by atoms with Crippen LogP contribution in [0.2, 0.25) is 0 Å². The SMILES string of the molecule is CNCc1cc(Br)c(OCC2CNC(=O)O2)c(Br)c1. The first kappa shape index (κ1) is 14.6. The molecular weight excluding hydrogens is 380 g/mol. The molecular formula is C12H14Br2N2O3. The molecule has 0 bridgehead atoms. The molecule has 0 saturated carbocycles. The number of ether oxygens (including phenoxy) is 2. The third-order valence-electron chi connectivity index (χ3n) is 2.60. The summed E-state index contributed by atoms with van der Waals surface area (Å²) in [7, 11) is 1.90. The van der Waals surface area contributed by atoms with E-state index in [1.165, 1.54) is 0 Å². The van der Waals surface area contributed by atoms with Crippen molar-refractivity contribution in [3.05, 3.63) is 26.6 Å². The fourth-order valence-electron chi connectivity index (χ4n) is 1.76. The topological polar surface area (TPSA) is 59.6 Å². The van der Waals surface area contributed by atoms with E-state index in [9.17, 15) is 4.79 Å². The number of rotatable bonds is 5. The van der Waals surface area contributed by atoms with E-state index in [-0.39, 0.29) is 6.10 Å². The van der Waals surface area contributed by atoms with Crippen molar-refractivity contribution in [2.75, 3.05) is 20.2 Å². The Morgan fingerprint density at radius 1 is 1.47 bits per heavy atom. The first-order valence-corrected chi connectivity index (χ1v) is 7.38. The van der Waals surface area contributed by atoms with Crippen molar-refractivity contribution in [2.24, 2.45) is 0 Å². The normalized spacial score (nSPS) is 18.1. The van der Waals surface area contributed by atoms with Gasteiger partial charge < -0.3 is 20.1 Å². The van der Waals surface area contributed by atoms with Crippen LogP contribution in [0.25, 0.3) is 0 Å². The van der Waals surface area contributed by atoms with Crippen molar-refractivity contribution in [1.82, 2.24) is 10.6 Å². The number of cyclic esters (lactones) is 1. The standard InChI is InChI=1S/C12H14Br2N2O3/c1-15-4-7-2-9(13)11(10(14)3-7)18-6-8-5-16-12(17)19-8/h2-3,8,15H,4-6H2,1H3,(H,16,17). The van der Waals surface area contributed by atoms with Crippen LogP contribution in [0, 0.1) is 0 Å². The largest absolute Gasteiger partial charge is 0.487 e. The van der Waals surface area contributed by atoms with Gasteiger partial charge in [0.25, 0.3) is 0 Å².